The molecule has 3 aromatic rings. The lowest BCUT2D eigenvalue weighted by Gasteiger charge is -2.08. The second kappa shape index (κ2) is 6.65. The van der Waals surface area contributed by atoms with Crippen molar-refractivity contribution in [2.45, 2.75) is 6.18 Å². The Morgan fingerprint density at radius 2 is 1.29 bits per heavy atom. The standard InChI is InChI=1S/C19H6F8N2O2/c20-10-9(11(21)13(23)14(24)12(10)22)16-8-7(17(30)29-16)15(28-18(8)31)5-1-3-6(4-2-5)19(25,26)27/h1-4,28,31H. The predicted molar refractivity (Wildman–Crippen MR) is 89.1 cm³/mol. The van der Waals surface area contributed by atoms with E-state index in [0.717, 1.165) is 12.1 Å². The van der Waals surface area contributed by atoms with E-state index in [-0.39, 0.29) is 11.3 Å². The van der Waals surface area contributed by atoms with E-state index in [2.05, 4.69) is 9.98 Å². The molecule has 4 nitrogen and oxygen atoms in total. The van der Waals surface area contributed by atoms with Crippen LogP contribution in [0.2, 0.25) is 0 Å². The topological polar surface area (TPSA) is 65.4 Å². The van der Waals surface area contributed by atoms with Gasteiger partial charge in [-0.15, -0.1) is 0 Å². The van der Waals surface area contributed by atoms with E-state index in [9.17, 15) is 45.0 Å². The Hall–Kier alpha value is -3.70. The van der Waals surface area contributed by atoms with E-state index < -0.39 is 75.0 Å². The van der Waals surface area contributed by atoms with Gasteiger partial charge in [-0.2, -0.15) is 13.2 Å². The van der Waals surface area contributed by atoms with Gasteiger partial charge in [0.15, 0.2) is 29.1 Å². The van der Waals surface area contributed by atoms with Crippen LogP contribution in [0.5, 0.6) is 5.88 Å². The molecule has 1 aliphatic heterocycles. The van der Waals surface area contributed by atoms with Gasteiger partial charge in [0, 0.05) is 0 Å². The number of aromatic amines is 1. The summed E-state index contributed by atoms with van der Waals surface area (Å²) in [7, 11) is 0. The van der Waals surface area contributed by atoms with Crippen LogP contribution in [0.3, 0.4) is 0 Å². The van der Waals surface area contributed by atoms with Crippen LogP contribution in [-0.4, -0.2) is 21.7 Å². The van der Waals surface area contributed by atoms with Gasteiger partial charge in [0.05, 0.1) is 33.7 Å². The Morgan fingerprint density at radius 3 is 1.81 bits per heavy atom. The van der Waals surface area contributed by atoms with Crippen LogP contribution >= 0.6 is 0 Å². The largest absolute Gasteiger partial charge is 0.494 e. The second-order valence-electron chi connectivity index (χ2n) is 6.38. The molecule has 2 N–H and O–H groups in total. The molecule has 0 saturated heterocycles. The third kappa shape index (κ3) is 2.97. The molecule has 0 bridgehead atoms. The number of H-pyrrole nitrogens is 1. The summed E-state index contributed by atoms with van der Waals surface area (Å²) >= 11 is 0. The number of carbonyl (C=O) groups is 1. The number of alkyl halides is 3. The summed E-state index contributed by atoms with van der Waals surface area (Å²) in [5.74, 6) is -13.6. The summed E-state index contributed by atoms with van der Waals surface area (Å²) in [6.45, 7) is 0. The van der Waals surface area contributed by atoms with Gasteiger partial charge in [0.2, 0.25) is 5.82 Å². The summed E-state index contributed by atoms with van der Waals surface area (Å²) in [4.78, 5) is 17.9. The third-order valence-electron chi connectivity index (χ3n) is 4.59. The quantitative estimate of drug-likeness (QED) is 0.327. The number of carbonyl (C=O) groups excluding carboxylic acids is 1. The number of hydrogen-bond donors (Lipinski definition) is 2. The molecule has 12 heteroatoms. The number of nitrogens with one attached hydrogen (secondary N) is 1. The fraction of sp³-hybridized carbons (Fsp3) is 0.0526. The van der Waals surface area contributed by atoms with Crippen molar-refractivity contribution in [3.63, 3.8) is 0 Å². The first-order chi connectivity index (χ1) is 14.4. The van der Waals surface area contributed by atoms with Crippen molar-refractivity contribution < 1.29 is 45.0 Å². The minimum absolute atomic E-state index is 0.0354. The lowest BCUT2D eigenvalue weighted by molar-refractivity contribution is -0.137. The van der Waals surface area contributed by atoms with Crippen molar-refractivity contribution in [2.75, 3.05) is 0 Å². The van der Waals surface area contributed by atoms with Crippen LogP contribution in [0.25, 0.3) is 11.3 Å². The zero-order valence-corrected chi connectivity index (χ0v) is 14.6. The highest BCUT2D eigenvalue weighted by molar-refractivity contribution is 6.30. The molecule has 1 aliphatic rings. The Kier molecular flexibility index (Phi) is 4.41. The van der Waals surface area contributed by atoms with Crippen LogP contribution in [0.15, 0.2) is 29.3 Å². The van der Waals surface area contributed by atoms with E-state index in [1.165, 1.54) is 0 Å². The van der Waals surface area contributed by atoms with Gasteiger partial charge in [-0.3, -0.25) is 4.79 Å². The summed E-state index contributed by atoms with van der Waals surface area (Å²) < 4.78 is 107. The maximum absolute atomic E-state index is 14.2. The van der Waals surface area contributed by atoms with Crippen LogP contribution in [-0.2, 0) is 6.18 Å². The van der Waals surface area contributed by atoms with Gasteiger partial charge in [0.1, 0.15) is 0 Å². The molecule has 160 valence electrons. The molecule has 2 heterocycles. The SMILES string of the molecule is O=C1N=C(c2c(F)c(F)c(F)c(F)c2F)c2c(O)[nH]c(-c3ccc(C(F)(F)F)cc3)c21. The van der Waals surface area contributed by atoms with Gasteiger partial charge < -0.3 is 10.1 Å². The molecular weight excluding hydrogens is 440 g/mol. The van der Waals surface area contributed by atoms with Crippen molar-refractivity contribution in [3.8, 4) is 17.1 Å². The molecular formula is C19H6F8N2O2. The Balaban J connectivity index is 1.89. The van der Waals surface area contributed by atoms with Crippen LogP contribution < -0.4 is 0 Å². The lowest BCUT2D eigenvalue weighted by atomic mass is 9.98. The average molecular weight is 446 g/mol. The highest BCUT2D eigenvalue weighted by atomic mass is 19.4. The molecule has 0 fully saturated rings. The first-order valence-corrected chi connectivity index (χ1v) is 8.21. The Morgan fingerprint density at radius 1 is 0.774 bits per heavy atom. The van der Waals surface area contributed by atoms with Crippen LogP contribution in [0.4, 0.5) is 35.1 Å². The zero-order valence-electron chi connectivity index (χ0n) is 14.6. The van der Waals surface area contributed by atoms with Gasteiger partial charge in [-0.05, 0) is 17.7 Å². The van der Waals surface area contributed by atoms with E-state index in [1.54, 1.807) is 0 Å². The van der Waals surface area contributed by atoms with Crippen molar-refractivity contribution in [1.82, 2.24) is 4.98 Å². The number of rotatable bonds is 2. The average Bonchev–Trinajstić information content (AvgIpc) is 3.23. The zero-order chi connectivity index (χ0) is 22.8. The molecule has 2 aromatic carbocycles. The van der Waals surface area contributed by atoms with E-state index >= 15 is 0 Å². The lowest BCUT2D eigenvalue weighted by Crippen LogP contribution is -2.13. The number of amides is 1. The first-order valence-electron chi connectivity index (χ1n) is 8.21. The predicted octanol–water partition coefficient (Wildman–Crippen LogP) is 5.09. The summed E-state index contributed by atoms with van der Waals surface area (Å²) in [5, 5.41) is 10.1. The van der Waals surface area contributed by atoms with Gasteiger partial charge in [0.25, 0.3) is 5.91 Å². The molecule has 0 saturated carbocycles. The number of fused-ring (bicyclic) bond motifs is 1. The molecule has 1 aromatic heterocycles. The molecule has 0 spiro atoms. The summed E-state index contributed by atoms with van der Waals surface area (Å²) in [6, 6.07) is 3.28. The second-order valence-corrected chi connectivity index (χ2v) is 6.38. The van der Waals surface area contributed by atoms with Crippen molar-refractivity contribution in [1.29, 1.82) is 0 Å². The molecule has 0 atom stereocenters. The van der Waals surface area contributed by atoms with E-state index in [1.807, 2.05) is 0 Å². The Bertz CT molecular complexity index is 1260. The smallest absolute Gasteiger partial charge is 0.416 e. The van der Waals surface area contributed by atoms with Crippen molar-refractivity contribution >= 4 is 11.6 Å². The molecule has 31 heavy (non-hydrogen) atoms. The van der Waals surface area contributed by atoms with E-state index in [4.69, 9.17) is 0 Å². The summed E-state index contributed by atoms with van der Waals surface area (Å²) in [6.07, 6.45) is -4.64. The van der Waals surface area contributed by atoms with Gasteiger partial charge in [-0.1, -0.05) is 12.1 Å². The minimum atomic E-state index is -4.64. The third-order valence-corrected chi connectivity index (χ3v) is 4.59. The van der Waals surface area contributed by atoms with Crippen LogP contribution in [0, 0.1) is 29.1 Å². The Labute approximate surface area is 166 Å². The normalized spacial score (nSPS) is 13.5. The molecule has 0 unspecified atom stereocenters. The van der Waals surface area contributed by atoms with Gasteiger partial charge >= 0.3 is 6.18 Å². The van der Waals surface area contributed by atoms with Gasteiger partial charge in [-0.25, -0.2) is 26.9 Å². The molecule has 1 amide bonds. The molecule has 0 radical (unpaired) electrons. The maximum atomic E-state index is 14.2. The fourth-order valence-electron chi connectivity index (χ4n) is 3.18. The maximum Gasteiger partial charge on any atom is 0.416 e. The van der Waals surface area contributed by atoms with E-state index in [0.29, 0.717) is 12.1 Å². The summed E-state index contributed by atoms with van der Waals surface area (Å²) in [5.41, 5.74) is -5.00. The monoisotopic (exact) mass is 446 g/mol. The minimum Gasteiger partial charge on any atom is -0.494 e. The molecule has 0 aliphatic carbocycles. The number of aliphatic imine (C=N–C) groups is 1. The number of halogens is 8. The number of hydrogen-bond acceptors (Lipinski definition) is 2. The number of benzene rings is 2. The van der Waals surface area contributed by atoms with Crippen LogP contribution in [0.1, 0.15) is 27.0 Å². The van der Waals surface area contributed by atoms with Crippen molar-refractivity contribution in [3.05, 3.63) is 75.6 Å². The number of aromatic hydroxyl groups is 1. The first kappa shape index (κ1) is 20.6. The molecule has 4 rings (SSSR count). The number of nitrogens with zero attached hydrogens (tertiary/aromatic N) is 1. The fourth-order valence-corrected chi connectivity index (χ4v) is 3.18. The highest BCUT2D eigenvalue weighted by Gasteiger charge is 2.39. The number of aromatic nitrogens is 1. The highest BCUT2D eigenvalue weighted by Crippen LogP contribution is 2.40. The van der Waals surface area contributed by atoms with Crippen molar-refractivity contribution in [2.24, 2.45) is 4.99 Å².